The molecule has 0 spiro atoms. The van der Waals surface area contributed by atoms with Crippen LogP contribution in [0.2, 0.25) is 5.02 Å². The number of sulfone groups is 1. The topological polar surface area (TPSA) is 91.9 Å². The first-order valence-electron chi connectivity index (χ1n) is 6.02. The van der Waals surface area contributed by atoms with Crippen molar-refractivity contribution < 1.29 is 13.2 Å². The molecule has 0 atom stereocenters. The number of hydrogen-bond acceptors (Lipinski definition) is 4. The van der Waals surface area contributed by atoms with Gasteiger partial charge in [0.25, 0.3) is 5.91 Å². The molecule has 0 saturated carbocycles. The first-order chi connectivity index (χ1) is 9.70. The molecular weight excluding hydrogens is 314 g/mol. The molecule has 0 aliphatic heterocycles. The Balaban J connectivity index is 2.37. The Morgan fingerprint density at radius 1 is 1.33 bits per heavy atom. The maximum absolute atomic E-state index is 12.2. The lowest BCUT2D eigenvalue weighted by atomic mass is 10.2. The van der Waals surface area contributed by atoms with Crippen LogP contribution in [0.1, 0.15) is 21.7 Å². The van der Waals surface area contributed by atoms with Crippen molar-refractivity contribution in [1.82, 2.24) is 10.2 Å². The molecule has 2 rings (SSSR count). The Hall–Kier alpha value is -1.86. The van der Waals surface area contributed by atoms with E-state index in [0.717, 1.165) is 11.9 Å². The van der Waals surface area contributed by atoms with Gasteiger partial charge in [-0.2, -0.15) is 5.10 Å². The average Bonchev–Trinajstić information content (AvgIpc) is 2.69. The molecule has 1 amide bonds. The first kappa shape index (κ1) is 15.5. The number of nitrogens with zero attached hydrogens (tertiary/aromatic N) is 1. The van der Waals surface area contributed by atoms with Gasteiger partial charge in [0.15, 0.2) is 9.84 Å². The van der Waals surface area contributed by atoms with Gasteiger partial charge in [-0.3, -0.25) is 9.89 Å². The fraction of sp³-hybridized carbons (Fsp3) is 0.231. The van der Waals surface area contributed by atoms with Gasteiger partial charge in [0.05, 0.1) is 27.0 Å². The molecule has 1 heterocycles. The molecule has 1 aromatic carbocycles. The molecule has 0 radical (unpaired) electrons. The van der Waals surface area contributed by atoms with Crippen molar-refractivity contribution in [1.29, 1.82) is 0 Å². The zero-order chi connectivity index (χ0) is 15.8. The Morgan fingerprint density at radius 2 is 2.00 bits per heavy atom. The number of aromatic nitrogens is 2. The summed E-state index contributed by atoms with van der Waals surface area (Å²) in [6.45, 7) is 3.53. The van der Waals surface area contributed by atoms with Gasteiger partial charge in [0.1, 0.15) is 0 Å². The summed E-state index contributed by atoms with van der Waals surface area (Å²) in [7, 11) is -3.50. The highest BCUT2D eigenvalue weighted by molar-refractivity contribution is 7.90. The van der Waals surface area contributed by atoms with E-state index < -0.39 is 15.7 Å². The van der Waals surface area contributed by atoms with Crippen molar-refractivity contribution in [3.63, 3.8) is 0 Å². The lowest BCUT2D eigenvalue weighted by molar-refractivity contribution is 0.102. The van der Waals surface area contributed by atoms with Crippen LogP contribution in [0, 0.1) is 13.8 Å². The number of aryl methyl sites for hydroxylation is 2. The Bertz CT molecular complexity index is 793. The summed E-state index contributed by atoms with van der Waals surface area (Å²) >= 11 is 5.85. The van der Waals surface area contributed by atoms with Gasteiger partial charge < -0.3 is 5.32 Å². The third-order valence-electron chi connectivity index (χ3n) is 2.96. The van der Waals surface area contributed by atoms with Gasteiger partial charge in [-0.15, -0.1) is 0 Å². The van der Waals surface area contributed by atoms with Crippen molar-refractivity contribution in [2.24, 2.45) is 0 Å². The predicted molar refractivity (Wildman–Crippen MR) is 80.6 cm³/mol. The number of nitrogens with one attached hydrogen (secondary N) is 2. The van der Waals surface area contributed by atoms with Crippen LogP contribution in [-0.4, -0.2) is 30.8 Å². The fourth-order valence-electron chi connectivity index (χ4n) is 1.85. The minimum Gasteiger partial charge on any atom is -0.319 e. The van der Waals surface area contributed by atoms with Crippen molar-refractivity contribution in [2.75, 3.05) is 11.6 Å². The minimum atomic E-state index is -3.50. The number of carbonyl (C=O) groups excluding carboxylic acids is 1. The van der Waals surface area contributed by atoms with Crippen LogP contribution in [0.15, 0.2) is 23.1 Å². The molecule has 0 saturated heterocycles. The van der Waals surface area contributed by atoms with E-state index in [4.69, 9.17) is 11.6 Å². The quantitative estimate of drug-likeness (QED) is 0.905. The highest BCUT2D eigenvalue weighted by Crippen LogP contribution is 2.24. The summed E-state index contributed by atoms with van der Waals surface area (Å²) < 4.78 is 23.2. The van der Waals surface area contributed by atoms with Crippen molar-refractivity contribution in [3.05, 3.63) is 40.2 Å². The smallest absolute Gasteiger partial charge is 0.255 e. The van der Waals surface area contributed by atoms with E-state index in [0.29, 0.717) is 11.4 Å². The van der Waals surface area contributed by atoms with E-state index in [-0.39, 0.29) is 15.5 Å². The van der Waals surface area contributed by atoms with Crippen LogP contribution in [0.25, 0.3) is 0 Å². The summed E-state index contributed by atoms with van der Waals surface area (Å²) in [6.07, 6.45) is 1.04. The van der Waals surface area contributed by atoms with E-state index in [1.54, 1.807) is 13.8 Å². The van der Waals surface area contributed by atoms with E-state index in [1.165, 1.54) is 18.2 Å². The van der Waals surface area contributed by atoms with Crippen LogP contribution in [0.3, 0.4) is 0 Å². The molecule has 112 valence electrons. The lowest BCUT2D eigenvalue weighted by Gasteiger charge is -2.08. The molecule has 2 N–H and O–H groups in total. The number of halogens is 1. The molecule has 0 aliphatic rings. The summed E-state index contributed by atoms with van der Waals surface area (Å²) in [5.74, 6) is -0.427. The summed E-state index contributed by atoms with van der Waals surface area (Å²) in [5, 5.41) is 9.52. The molecule has 0 aliphatic carbocycles. The SMILES string of the molecule is Cc1n[nH]c(C)c1NC(=O)c1ccc(Cl)c(S(C)(=O)=O)c1. The fourth-order valence-corrected chi connectivity index (χ4v) is 3.15. The number of carbonyl (C=O) groups is 1. The first-order valence-corrected chi connectivity index (χ1v) is 8.29. The van der Waals surface area contributed by atoms with Crippen molar-refractivity contribution >= 4 is 33.0 Å². The monoisotopic (exact) mass is 327 g/mol. The maximum Gasteiger partial charge on any atom is 0.255 e. The number of anilines is 1. The highest BCUT2D eigenvalue weighted by atomic mass is 35.5. The highest BCUT2D eigenvalue weighted by Gasteiger charge is 2.17. The van der Waals surface area contributed by atoms with Gasteiger partial charge >= 0.3 is 0 Å². The second kappa shape index (κ2) is 5.50. The van der Waals surface area contributed by atoms with Crippen molar-refractivity contribution in [2.45, 2.75) is 18.7 Å². The third kappa shape index (κ3) is 3.25. The average molecular weight is 328 g/mol. The van der Waals surface area contributed by atoms with Crippen LogP contribution in [0.4, 0.5) is 5.69 Å². The van der Waals surface area contributed by atoms with Crippen LogP contribution in [0.5, 0.6) is 0 Å². The molecule has 6 nitrogen and oxygen atoms in total. The van der Waals surface area contributed by atoms with E-state index in [1.807, 2.05) is 0 Å². The molecule has 0 unspecified atom stereocenters. The zero-order valence-corrected chi connectivity index (χ0v) is 13.3. The lowest BCUT2D eigenvalue weighted by Crippen LogP contribution is -2.14. The predicted octanol–water partition coefficient (Wildman–Crippen LogP) is 2.34. The normalized spacial score (nSPS) is 11.4. The molecule has 0 bridgehead atoms. The van der Waals surface area contributed by atoms with Gasteiger partial charge in [0, 0.05) is 11.8 Å². The summed E-state index contributed by atoms with van der Waals surface area (Å²) in [4.78, 5) is 12.1. The number of amides is 1. The molecule has 2 aromatic rings. The van der Waals surface area contributed by atoms with Gasteiger partial charge in [-0.05, 0) is 32.0 Å². The van der Waals surface area contributed by atoms with Crippen molar-refractivity contribution in [3.8, 4) is 0 Å². The van der Waals surface area contributed by atoms with Gasteiger partial charge in [-0.1, -0.05) is 11.6 Å². The second-order valence-corrected chi connectivity index (χ2v) is 7.07. The largest absolute Gasteiger partial charge is 0.319 e. The minimum absolute atomic E-state index is 0.0718. The number of rotatable bonds is 3. The Morgan fingerprint density at radius 3 is 2.52 bits per heavy atom. The summed E-state index contributed by atoms with van der Waals surface area (Å²) in [6, 6.07) is 4.12. The number of benzene rings is 1. The molecule has 1 aromatic heterocycles. The summed E-state index contributed by atoms with van der Waals surface area (Å²) in [5.41, 5.74) is 2.16. The molecule has 8 heteroatoms. The number of hydrogen-bond donors (Lipinski definition) is 2. The van der Waals surface area contributed by atoms with Crippen LogP contribution in [-0.2, 0) is 9.84 Å². The maximum atomic E-state index is 12.2. The molecule has 0 fully saturated rings. The number of H-pyrrole nitrogens is 1. The third-order valence-corrected chi connectivity index (χ3v) is 4.54. The van der Waals surface area contributed by atoms with Crippen LogP contribution < -0.4 is 5.32 Å². The van der Waals surface area contributed by atoms with E-state index >= 15 is 0 Å². The molecule has 21 heavy (non-hydrogen) atoms. The Kier molecular flexibility index (Phi) is 4.06. The van der Waals surface area contributed by atoms with E-state index in [9.17, 15) is 13.2 Å². The van der Waals surface area contributed by atoms with E-state index in [2.05, 4.69) is 15.5 Å². The Labute approximate surface area is 127 Å². The van der Waals surface area contributed by atoms with Gasteiger partial charge in [-0.25, -0.2) is 8.42 Å². The van der Waals surface area contributed by atoms with Crippen LogP contribution >= 0.6 is 11.6 Å². The zero-order valence-electron chi connectivity index (χ0n) is 11.7. The standard InChI is InChI=1S/C13H14ClN3O3S/c1-7-12(8(2)17-16-7)15-13(18)9-4-5-10(14)11(6-9)21(3,19)20/h4-6H,1-3H3,(H,15,18)(H,16,17). The van der Waals surface area contributed by atoms with Gasteiger partial charge in [0.2, 0.25) is 0 Å². The number of aromatic amines is 1. The molecular formula is C13H14ClN3O3S. The second-order valence-electron chi connectivity index (χ2n) is 4.68.